The van der Waals surface area contributed by atoms with Crippen LogP contribution in [0.15, 0.2) is 57.7 Å². The molecule has 0 radical (unpaired) electrons. The van der Waals surface area contributed by atoms with Crippen LogP contribution in [0.4, 0.5) is 11.4 Å². The molecule has 0 aliphatic carbocycles. The number of aromatic nitrogens is 1. The zero-order valence-electron chi connectivity index (χ0n) is 14.1. The summed E-state index contributed by atoms with van der Waals surface area (Å²) in [5.74, 6) is -1.01. The van der Waals surface area contributed by atoms with Gasteiger partial charge < -0.3 is 14.6 Å². The van der Waals surface area contributed by atoms with Crippen LogP contribution < -0.4 is 16.0 Å². The van der Waals surface area contributed by atoms with Crippen LogP contribution in [0.1, 0.15) is 13.3 Å². The minimum absolute atomic E-state index is 0.147. The molecule has 1 aliphatic heterocycles. The monoisotopic (exact) mass is 351 g/mol. The Balaban J connectivity index is 1.74. The molecule has 0 saturated heterocycles. The van der Waals surface area contributed by atoms with E-state index in [1.54, 1.807) is 47.4 Å². The molecule has 0 unspecified atom stereocenters. The van der Waals surface area contributed by atoms with Gasteiger partial charge in [0, 0.05) is 12.5 Å². The normalized spacial score (nSPS) is 16.9. The zero-order valence-corrected chi connectivity index (χ0v) is 14.1. The van der Waals surface area contributed by atoms with E-state index in [0.29, 0.717) is 22.5 Å². The number of benzene rings is 2. The fourth-order valence-corrected chi connectivity index (χ4v) is 3.34. The number of anilines is 2. The number of fused-ring (bicyclic) bond motifs is 2. The van der Waals surface area contributed by atoms with Crippen molar-refractivity contribution in [3.05, 3.63) is 59.1 Å². The summed E-state index contributed by atoms with van der Waals surface area (Å²) >= 11 is 0. The first-order chi connectivity index (χ1) is 12.5. The van der Waals surface area contributed by atoms with Crippen molar-refractivity contribution in [3.63, 3.8) is 0 Å². The van der Waals surface area contributed by atoms with Crippen LogP contribution in [0.2, 0.25) is 0 Å². The molecule has 2 aromatic carbocycles. The highest BCUT2D eigenvalue weighted by Gasteiger charge is 2.30. The number of hydrogen-bond acceptors (Lipinski definition) is 4. The first kappa shape index (κ1) is 16.1. The minimum atomic E-state index is -0.579. The van der Waals surface area contributed by atoms with E-state index >= 15 is 0 Å². The second-order valence-electron chi connectivity index (χ2n) is 6.30. The molecule has 26 heavy (non-hydrogen) atoms. The molecule has 1 N–H and O–H groups in total. The van der Waals surface area contributed by atoms with Crippen molar-refractivity contribution in [2.45, 2.75) is 25.9 Å². The molecule has 132 valence electrons. The lowest BCUT2D eigenvalue weighted by Gasteiger charge is -2.27. The van der Waals surface area contributed by atoms with Gasteiger partial charge in [-0.15, -0.1) is 0 Å². The smallest absolute Gasteiger partial charge is 0.408 e. The van der Waals surface area contributed by atoms with Crippen LogP contribution in [0.5, 0.6) is 0 Å². The number of nitrogens with one attached hydrogen (secondary N) is 1. The summed E-state index contributed by atoms with van der Waals surface area (Å²) in [6, 6.07) is 13.8. The van der Waals surface area contributed by atoms with Crippen LogP contribution in [0, 0.1) is 0 Å². The van der Waals surface area contributed by atoms with Crippen molar-refractivity contribution in [2.24, 2.45) is 0 Å². The lowest BCUT2D eigenvalue weighted by atomic mass is 10.1. The van der Waals surface area contributed by atoms with E-state index in [-0.39, 0.29) is 30.8 Å². The highest BCUT2D eigenvalue weighted by atomic mass is 16.4. The maximum Gasteiger partial charge on any atom is 0.420 e. The number of para-hydroxylation sites is 4. The minimum Gasteiger partial charge on any atom is -0.408 e. The largest absolute Gasteiger partial charge is 0.420 e. The van der Waals surface area contributed by atoms with Crippen LogP contribution in [0.3, 0.4) is 0 Å². The van der Waals surface area contributed by atoms with Gasteiger partial charge in [-0.3, -0.25) is 14.2 Å². The van der Waals surface area contributed by atoms with Crippen LogP contribution in [0.25, 0.3) is 11.1 Å². The van der Waals surface area contributed by atoms with Gasteiger partial charge in [0.1, 0.15) is 6.54 Å². The Morgan fingerprint density at radius 3 is 2.73 bits per heavy atom. The molecule has 1 aromatic heterocycles. The molecule has 4 rings (SSSR count). The van der Waals surface area contributed by atoms with Crippen molar-refractivity contribution in [2.75, 3.05) is 10.2 Å². The number of amides is 2. The molecule has 0 fully saturated rings. The van der Waals surface area contributed by atoms with Gasteiger partial charge in [0.15, 0.2) is 5.58 Å². The topological polar surface area (TPSA) is 84.5 Å². The number of hydrogen-bond donors (Lipinski definition) is 1. The number of carbonyl (C=O) groups is 2. The Hall–Kier alpha value is -3.35. The van der Waals surface area contributed by atoms with Crippen molar-refractivity contribution < 1.29 is 14.0 Å². The predicted octanol–water partition coefficient (Wildman–Crippen LogP) is 2.36. The van der Waals surface area contributed by atoms with Crippen LogP contribution >= 0.6 is 0 Å². The van der Waals surface area contributed by atoms with E-state index in [0.717, 1.165) is 0 Å². The van der Waals surface area contributed by atoms with E-state index < -0.39 is 5.76 Å². The fraction of sp³-hybridized carbons (Fsp3) is 0.211. The van der Waals surface area contributed by atoms with Crippen molar-refractivity contribution in [1.29, 1.82) is 0 Å². The van der Waals surface area contributed by atoms with Crippen molar-refractivity contribution in [3.8, 4) is 0 Å². The highest BCUT2D eigenvalue weighted by molar-refractivity contribution is 6.04. The van der Waals surface area contributed by atoms with Gasteiger partial charge in [-0.1, -0.05) is 24.3 Å². The zero-order chi connectivity index (χ0) is 18.3. The second kappa shape index (κ2) is 6.18. The summed E-state index contributed by atoms with van der Waals surface area (Å²) in [6.07, 6.45) is 0.182. The van der Waals surface area contributed by atoms with Gasteiger partial charge in [0.2, 0.25) is 11.8 Å². The maximum absolute atomic E-state index is 13.1. The quantitative estimate of drug-likeness (QED) is 0.768. The first-order valence-electron chi connectivity index (χ1n) is 8.34. The Labute approximate surface area is 148 Å². The molecule has 1 aliphatic rings. The van der Waals surface area contributed by atoms with Gasteiger partial charge in [-0.25, -0.2) is 4.79 Å². The third kappa shape index (κ3) is 2.67. The Morgan fingerprint density at radius 1 is 1.15 bits per heavy atom. The summed E-state index contributed by atoms with van der Waals surface area (Å²) < 4.78 is 6.51. The average Bonchev–Trinajstić information content (AvgIpc) is 2.84. The third-order valence-corrected chi connectivity index (χ3v) is 4.50. The Bertz CT molecular complexity index is 1070. The summed E-state index contributed by atoms with van der Waals surface area (Å²) in [6.45, 7) is 1.65. The van der Waals surface area contributed by atoms with E-state index in [9.17, 15) is 14.4 Å². The molecular formula is C19H17N3O4. The van der Waals surface area contributed by atoms with Crippen LogP contribution in [-0.2, 0) is 16.1 Å². The highest BCUT2D eigenvalue weighted by Crippen LogP contribution is 2.31. The number of nitrogens with zero attached hydrogens (tertiary/aromatic N) is 2. The standard InChI is InChI=1S/C19H17N3O4/c1-12-10-17(23)20-13-6-2-3-7-14(13)22(12)18(24)11-21-15-8-4-5-9-16(15)26-19(21)25/h2-9,12H,10-11H2,1H3,(H,20,23)/t12-/m0/s1. The summed E-state index contributed by atoms with van der Waals surface area (Å²) in [5, 5.41) is 2.82. The lowest BCUT2D eigenvalue weighted by molar-refractivity contribution is -0.119. The van der Waals surface area contributed by atoms with Gasteiger partial charge in [-0.2, -0.15) is 0 Å². The average molecular weight is 351 g/mol. The summed E-state index contributed by atoms with van der Waals surface area (Å²) in [4.78, 5) is 38.9. The van der Waals surface area contributed by atoms with Crippen LogP contribution in [-0.4, -0.2) is 22.4 Å². The number of carbonyl (C=O) groups excluding carboxylic acids is 2. The van der Waals surface area contributed by atoms with Gasteiger partial charge in [0.05, 0.1) is 16.9 Å². The Kier molecular flexibility index (Phi) is 3.84. The molecule has 7 heteroatoms. The molecular weight excluding hydrogens is 334 g/mol. The molecule has 0 saturated carbocycles. The number of rotatable bonds is 2. The summed E-state index contributed by atoms with van der Waals surface area (Å²) in [7, 11) is 0. The SMILES string of the molecule is C[C@H]1CC(=O)Nc2ccccc2N1C(=O)Cn1c(=O)oc2ccccc21. The first-order valence-corrected chi connectivity index (χ1v) is 8.34. The third-order valence-electron chi connectivity index (χ3n) is 4.50. The molecule has 7 nitrogen and oxygen atoms in total. The maximum atomic E-state index is 13.1. The van der Waals surface area contributed by atoms with Gasteiger partial charge in [-0.05, 0) is 31.2 Å². The van der Waals surface area contributed by atoms with E-state index in [1.807, 2.05) is 13.0 Å². The van der Waals surface area contributed by atoms with Crippen molar-refractivity contribution in [1.82, 2.24) is 4.57 Å². The predicted molar refractivity (Wildman–Crippen MR) is 97.1 cm³/mol. The van der Waals surface area contributed by atoms with Crippen molar-refractivity contribution >= 4 is 34.3 Å². The van der Waals surface area contributed by atoms with Gasteiger partial charge in [0.25, 0.3) is 0 Å². The van der Waals surface area contributed by atoms with E-state index in [2.05, 4.69) is 5.32 Å². The molecule has 0 spiro atoms. The number of oxazole rings is 1. The van der Waals surface area contributed by atoms with Gasteiger partial charge >= 0.3 is 5.76 Å². The Morgan fingerprint density at radius 2 is 1.88 bits per heavy atom. The molecule has 2 heterocycles. The molecule has 3 aromatic rings. The lowest BCUT2D eigenvalue weighted by Crippen LogP contribution is -2.42. The fourth-order valence-electron chi connectivity index (χ4n) is 3.34. The molecule has 1 atom stereocenters. The van der Waals surface area contributed by atoms with E-state index in [4.69, 9.17) is 4.42 Å². The molecule has 0 bridgehead atoms. The summed E-state index contributed by atoms with van der Waals surface area (Å²) in [5.41, 5.74) is 2.21. The van der Waals surface area contributed by atoms with E-state index in [1.165, 1.54) is 4.57 Å². The molecule has 2 amide bonds. The second-order valence-corrected chi connectivity index (χ2v) is 6.30.